The molecule has 1 heterocycles. The van der Waals surface area contributed by atoms with Gasteiger partial charge in [0.1, 0.15) is 11.4 Å². The molecular weight excluding hydrogens is 258 g/mol. The van der Waals surface area contributed by atoms with Crippen molar-refractivity contribution in [2.24, 2.45) is 5.41 Å². The van der Waals surface area contributed by atoms with E-state index in [1.807, 2.05) is 0 Å². The third kappa shape index (κ3) is 3.04. The molecule has 2 N–H and O–H groups in total. The van der Waals surface area contributed by atoms with Crippen LogP contribution < -0.4 is 5.32 Å². The Kier molecular flexibility index (Phi) is 4.50. The van der Waals surface area contributed by atoms with Gasteiger partial charge in [-0.1, -0.05) is 6.42 Å². The Morgan fingerprint density at radius 3 is 2.85 bits per heavy atom. The first-order valence-corrected chi connectivity index (χ1v) is 7.04. The predicted molar refractivity (Wildman–Crippen MR) is 74.1 cm³/mol. The van der Waals surface area contributed by atoms with Crippen molar-refractivity contribution in [3.05, 3.63) is 24.2 Å². The Morgan fingerprint density at radius 2 is 2.35 bits per heavy atom. The molecule has 1 unspecified atom stereocenters. The van der Waals surface area contributed by atoms with Gasteiger partial charge in [0.2, 0.25) is 5.91 Å². The van der Waals surface area contributed by atoms with E-state index < -0.39 is 5.60 Å². The van der Waals surface area contributed by atoms with Gasteiger partial charge in [-0.15, -0.1) is 0 Å². The Balaban J connectivity index is 1.91. The predicted octanol–water partition coefficient (Wildman–Crippen LogP) is 1.81. The highest BCUT2D eigenvalue weighted by atomic mass is 16.5. The number of carbonyl (C=O) groups is 1. The van der Waals surface area contributed by atoms with Crippen LogP contribution in [0.5, 0.6) is 0 Å². The summed E-state index contributed by atoms with van der Waals surface area (Å²) in [5.74, 6) is 0.463. The lowest BCUT2D eigenvalue weighted by molar-refractivity contribution is -0.138. The number of hydrogen-bond acceptors (Lipinski definition) is 4. The van der Waals surface area contributed by atoms with Crippen LogP contribution in [0.4, 0.5) is 0 Å². The highest BCUT2D eigenvalue weighted by Crippen LogP contribution is 2.44. The monoisotopic (exact) mass is 281 g/mol. The largest absolute Gasteiger partial charge is 0.466 e. The Labute approximate surface area is 119 Å². The molecule has 5 heteroatoms. The van der Waals surface area contributed by atoms with Crippen molar-refractivity contribution in [1.82, 2.24) is 5.32 Å². The summed E-state index contributed by atoms with van der Waals surface area (Å²) in [4.78, 5) is 12.4. The maximum Gasteiger partial charge on any atom is 0.226 e. The second-order valence-electron chi connectivity index (χ2n) is 5.81. The van der Waals surface area contributed by atoms with Crippen molar-refractivity contribution in [3.63, 3.8) is 0 Å². The minimum atomic E-state index is -1.19. The summed E-state index contributed by atoms with van der Waals surface area (Å²) in [5.41, 5.74) is -1.50. The van der Waals surface area contributed by atoms with Crippen molar-refractivity contribution in [1.29, 1.82) is 0 Å². The van der Waals surface area contributed by atoms with Crippen LogP contribution in [-0.2, 0) is 15.1 Å². The number of rotatable bonds is 7. The van der Waals surface area contributed by atoms with Gasteiger partial charge in [-0.3, -0.25) is 4.79 Å². The van der Waals surface area contributed by atoms with E-state index in [0.29, 0.717) is 12.4 Å². The molecule has 2 rings (SSSR count). The number of ether oxygens (including phenoxy) is 1. The van der Waals surface area contributed by atoms with Crippen LogP contribution in [-0.4, -0.2) is 31.3 Å². The van der Waals surface area contributed by atoms with Crippen LogP contribution in [0.2, 0.25) is 0 Å². The molecule has 0 saturated heterocycles. The van der Waals surface area contributed by atoms with E-state index in [9.17, 15) is 9.90 Å². The Bertz CT molecular complexity index is 435. The molecule has 1 aromatic rings. The van der Waals surface area contributed by atoms with Gasteiger partial charge in [-0.05, 0) is 38.3 Å². The van der Waals surface area contributed by atoms with E-state index in [-0.39, 0.29) is 17.9 Å². The zero-order valence-electron chi connectivity index (χ0n) is 12.1. The number of carbonyl (C=O) groups excluding carboxylic acids is 1. The fourth-order valence-corrected chi connectivity index (χ4v) is 2.60. The second kappa shape index (κ2) is 5.97. The van der Waals surface area contributed by atoms with E-state index in [2.05, 4.69) is 5.32 Å². The Morgan fingerprint density at radius 1 is 1.60 bits per heavy atom. The Hall–Kier alpha value is -1.33. The first kappa shape index (κ1) is 15.1. The van der Waals surface area contributed by atoms with Gasteiger partial charge >= 0.3 is 0 Å². The van der Waals surface area contributed by atoms with Crippen molar-refractivity contribution in [3.8, 4) is 0 Å². The third-order valence-electron chi connectivity index (χ3n) is 4.22. The van der Waals surface area contributed by atoms with Gasteiger partial charge in [0.15, 0.2) is 0 Å². The molecule has 0 bridgehead atoms. The van der Waals surface area contributed by atoms with Gasteiger partial charge < -0.3 is 19.6 Å². The molecule has 0 aromatic carbocycles. The topological polar surface area (TPSA) is 71.7 Å². The molecule has 1 fully saturated rings. The first-order chi connectivity index (χ1) is 9.50. The number of methoxy groups -OCH3 is 1. The summed E-state index contributed by atoms with van der Waals surface area (Å²) in [6.45, 7) is 2.37. The van der Waals surface area contributed by atoms with Crippen molar-refractivity contribution in [2.75, 3.05) is 20.3 Å². The molecule has 20 heavy (non-hydrogen) atoms. The smallest absolute Gasteiger partial charge is 0.226 e. The van der Waals surface area contributed by atoms with E-state index in [1.165, 1.54) is 6.26 Å². The van der Waals surface area contributed by atoms with Crippen LogP contribution >= 0.6 is 0 Å². The van der Waals surface area contributed by atoms with Gasteiger partial charge in [0.25, 0.3) is 0 Å². The van der Waals surface area contributed by atoms with Gasteiger partial charge in [-0.2, -0.15) is 0 Å². The van der Waals surface area contributed by atoms with Gasteiger partial charge in [0.05, 0.1) is 18.2 Å². The molecule has 0 spiro atoms. The van der Waals surface area contributed by atoms with E-state index in [1.54, 1.807) is 26.2 Å². The number of nitrogens with one attached hydrogen (secondary N) is 1. The van der Waals surface area contributed by atoms with E-state index in [4.69, 9.17) is 9.15 Å². The lowest BCUT2D eigenvalue weighted by atomic mass is 9.66. The van der Waals surface area contributed by atoms with E-state index in [0.717, 1.165) is 25.7 Å². The fourth-order valence-electron chi connectivity index (χ4n) is 2.60. The normalized spacial score (nSPS) is 19.9. The minimum Gasteiger partial charge on any atom is -0.466 e. The second-order valence-corrected chi connectivity index (χ2v) is 5.81. The van der Waals surface area contributed by atoms with Crippen LogP contribution in [0.1, 0.15) is 38.4 Å². The molecule has 1 aromatic heterocycles. The van der Waals surface area contributed by atoms with Crippen LogP contribution in [0.15, 0.2) is 22.8 Å². The summed E-state index contributed by atoms with van der Waals surface area (Å²) < 4.78 is 10.3. The number of hydrogen-bond donors (Lipinski definition) is 2. The van der Waals surface area contributed by atoms with Crippen molar-refractivity contribution < 1.29 is 19.1 Å². The molecule has 112 valence electrons. The highest BCUT2D eigenvalue weighted by molar-refractivity contribution is 5.83. The molecule has 1 aliphatic rings. The SMILES string of the molecule is COCCC1(C(=O)NCC(C)(O)c2ccco2)CCC1. The van der Waals surface area contributed by atoms with Gasteiger partial charge in [-0.25, -0.2) is 0 Å². The molecule has 1 amide bonds. The average Bonchev–Trinajstić information content (AvgIpc) is 2.90. The molecule has 5 nitrogen and oxygen atoms in total. The van der Waals surface area contributed by atoms with Crippen molar-refractivity contribution in [2.45, 2.75) is 38.2 Å². The molecule has 1 aliphatic carbocycles. The van der Waals surface area contributed by atoms with Crippen LogP contribution in [0.3, 0.4) is 0 Å². The summed E-state index contributed by atoms with van der Waals surface area (Å²) in [5, 5.41) is 13.2. The molecule has 1 saturated carbocycles. The molecule has 1 atom stereocenters. The first-order valence-electron chi connectivity index (χ1n) is 7.04. The molecule has 0 aliphatic heterocycles. The number of amides is 1. The molecular formula is C15H23NO4. The fraction of sp³-hybridized carbons (Fsp3) is 0.667. The maximum atomic E-state index is 12.4. The van der Waals surface area contributed by atoms with Crippen molar-refractivity contribution >= 4 is 5.91 Å². The van der Waals surface area contributed by atoms with Gasteiger partial charge in [0, 0.05) is 13.7 Å². The average molecular weight is 281 g/mol. The van der Waals surface area contributed by atoms with Crippen LogP contribution in [0, 0.1) is 5.41 Å². The zero-order chi connectivity index (χ0) is 14.6. The maximum absolute atomic E-state index is 12.4. The molecule has 0 radical (unpaired) electrons. The summed E-state index contributed by atoms with van der Waals surface area (Å²) in [6.07, 6.45) is 5.11. The van der Waals surface area contributed by atoms with E-state index >= 15 is 0 Å². The minimum absolute atomic E-state index is 0.00707. The highest BCUT2D eigenvalue weighted by Gasteiger charge is 2.44. The summed E-state index contributed by atoms with van der Waals surface area (Å²) in [6, 6.07) is 3.42. The number of aliphatic hydroxyl groups is 1. The zero-order valence-corrected chi connectivity index (χ0v) is 12.1. The quantitative estimate of drug-likeness (QED) is 0.799. The standard InChI is InChI=1S/C15H23NO4/c1-14(18,12-5-3-9-20-12)11-16-13(17)15(6-4-7-15)8-10-19-2/h3,5,9,18H,4,6-8,10-11H2,1-2H3,(H,16,17). The summed E-state index contributed by atoms with van der Waals surface area (Å²) in [7, 11) is 1.64. The lowest BCUT2D eigenvalue weighted by Crippen LogP contribution is -2.49. The number of furan rings is 1. The lowest BCUT2D eigenvalue weighted by Gasteiger charge is -2.40. The third-order valence-corrected chi connectivity index (χ3v) is 4.22. The summed E-state index contributed by atoms with van der Waals surface area (Å²) >= 11 is 0. The van der Waals surface area contributed by atoms with Crippen LogP contribution in [0.25, 0.3) is 0 Å².